The highest BCUT2D eigenvalue weighted by molar-refractivity contribution is 7.10. The number of aliphatic hydroxyl groups is 1. The van der Waals surface area contributed by atoms with Crippen molar-refractivity contribution in [2.24, 2.45) is 11.8 Å². The van der Waals surface area contributed by atoms with E-state index in [2.05, 4.69) is 12.2 Å². The van der Waals surface area contributed by atoms with E-state index < -0.39 is 0 Å². The number of nitrogens with one attached hydrogen (secondary N) is 1. The van der Waals surface area contributed by atoms with Gasteiger partial charge in [-0.2, -0.15) is 0 Å². The number of hydrogen-bond donors (Lipinski definition) is 2. The molecule has 3 heteroatoms. The Kier molecular flexibility index (Phi) is 5.01. The van der Waals surface area contributed by atoms with Gasteiger partial charge in [-0.25, -0.2) is 0 Å². The van der Waals surface area contributed by atoms with Crippen molar-refractivity contribution in [3.63, 3.8) is 0 Å². The van der Waals surface area contributed by atoms with Crippen LogP contribution in [0, 0.1) is 11.8 Å². The molecule has 1 saturated carbocycles. The van der Waals surface area contributed by atoms with Crippen molar-refractivity contribution in [1.29, 1.82) is 0 Å². The number of aliphatic hydroxyl groups excluding tert-OH is 1. The molecular weight excluding hydrogens is 230 g/mol. The van der Waals surface area contributed by atoms with Gasteiger partial charge in [0.1, 0.15) is 6.10 Å². The lowest BCUT2D eigenvalue weighted by molar-refractivity contribution is 0.169. The van der Waals surface area contributed by atoms with Crippen LogP contribution in [0.3, 0.4) is 0 Å². The van der Waals surface area contributed by atoms with Gasteiger partial charge in [0.2, 0.25) is 0 Å². The predicted molar refractivity (Wildman–Crippen MR) is 73.3 cm³/mol. The second kappa shape index (κ2) is 6.53. The van der Waals surface area contributed by atoms with Crippen molar-refractivity contribution in [2.75, 3.05) is 13.1 Å². The van der Waals surface area contributed by atoms with E-state index in [1.807, 2.05) is 17.5 Å². The molecule has 96 valence electrons. The minimum absolute atomic E-state index is 0.339. The summed E-state index contributed by atoms with van der Waals surface area (Å²) in [7, 11) is 0. The zero-order valence-corrected chi connectivity index (χ0v) is 11.4. The molecule has 1 aromatic heterocycles. The first-order valence-electron chi connectivity index (χ1n) is 6.69. The summed E-state index contributed by atoms with van der Waals surface area (Å²) in [6, 6.07) is 3.99. The summed E-state index contributed by atoms with van der Waals surface area (Å²) in [5.74, 6) is 1.65. The van der Waals surface area contributed by atoms with Crippen molar-refractivity contribution < 1.29 is 5.11 Å². The molecule has 1 fully saturated rings. The molecule has 1 aliphatic rings. The lowest BCUT2D eigenvalue weighted by Crippen LogP contribution is -2.31. The van der Waals surface area contributed by atoms with Gasteiger partial charge in [-0.05, 0) is 36.2 Å². The van der Waals surface area contributed by atoms with Crippen LogP contribution >= 0.6 is 11.3 Å². The number of rotatable bonds is 5. The Morgan fingerprint density at radius 2 is 2.29 bits per heavy atom. The van der Waals surface area contributed by atoms with E-state index in [0.29, 0.717) is 6.54 Å². The van der Waals surface area contributed by atoms with Crippen molar-refractivity contribution in [2.45, 2.75) is 38.7 Å². The normalized spacial score (nSPS) is 26.9. The predicted octanol–water partition coefficient (Wildman–Crippen LogP) is 3.20. The van der Waals surface area contributed by atoms with Gasteiger partial charge in [0.25, 0.3) is 0 Å². The summed E-state index contributed by atoms with van der Waals surface area (Å²) >= 11 is 1.63. The molecule has 0 saturated heterocycles. The van der Waals surface area contributed by atoms with Crippen molar-refractivity contribution in [1.82, 2.24) is 5.32 Å². The van der Waals surface area contributed by atoms with Gasteiger partial charge in [-0.1, -0.05) is 32.3 Å². The first-order chi connectivity index (χ1) is 8.27. The molecule has 3 unspecified atom stereocenters. The number of hydrogen-bond acceptors (Lipinski definition) is 3. The van der Waals surface area contributed by atoms with Gasteiger partial charge >= 0.3 is 0 Å². The van der Waals surface area contributed by atoms with E-state index in [9.17, 15) is 5.11 Å². The molecular formula is C14H23NOS. The van der Waals surface area contributed by atoms with Crippen LogP contribution in [-0.4, -0.2) is 18.2 Å². The highest BCUT2D eigenvalue weighted by Crippen LogP contribution is 2.29. The van der Waals surface area contributed by atoms with E-state index in [1.54, 1.807) is 11.3 Å². The van der Waals surface area contributed by atoms with E-state index in [-0.39, 0.29) is 6.10 Å². The minimum atomic E-state index is -0.339. The third-order valence-corrected chi connectivity index (χ3v) is 4.88. The highest BCUT2D eigenvalue weighted by atomic mass is 32.1. The van der Waals surface area contributed by atoms with Gasteiger partial charge in [-0.15, -0.1) is 11.3 Å². The molecule has 1 aromatic rings. The van der Waals surface area contributed by atoms with Crippen LogP contribution in [-0.2, 0) is 0 Å². The molecule has 1 heterocycles. The Hall–Kier alpha value is -0.380. The smallest absolute Gasteiger partial charge is 0.101 e. The molecule has 0 aromatic carbocycles. The zero-order valence-electron chi connectivity index (χ0n) is 10.6. The van der Waals surface area contributed by atoms with Gasteiger partial charge in [0, 0.05) is 11.4 Å². The average Bonchev–Trinajstić information content (AvgIpc) is 2.85. The molecule has 0 radical (unpaired) electrons. The van der Waals surface area contributed by atoms with Crippen LogP contribution < -0.4 is 5.32 Å². The van der Waals surface area contributed by atoms with Crippen LogP contribution in [0.1, 0.15) is 43.6 Å². The molecule has 17 heavy (non-hydrogen) atoms. The summed E-state index contributed by atoms with van der Waals surface area (Å²) in [5.41, 5.74) is 0. The fraction of sp³-hybridized carbons (Fsp3) is 0.714. The summed E-state index contributed by atoms with van der Waals surface area (Å²) in [6.07, 6.45) is 5.16. The Morgan fingerprint density at radius 1 is 1.47 bits per heavy atom. The summed E-state index contributed by atoms with van der Waals surface area (Å²) in [4.78, 5) is 1.06. The standard InChI is InChI=1S/C14H23NOS/c1-11-5-2-3-6-12(11)9-15-10-13(16)14-7-4-8-17-14/h4,7-8,11-13,15-16H,2-3,5-6,9-10H2,1H3. The van der Waals surface area contributed by atoms with Gasteiger partial charge in [0.15, 0.2) is 0 Å². The van der Waals surface area contributed by atoms with Crippen molar-refractivity contribution in [3.8, 4) is 0 Å². The maximum absolute atomic E-state index is 9.95. The maximum atomic E-state index is 9.95. The van der Waals surface area contributed by atoms with Gasteiger partial charge in [0.05, 0.1) is 0 Å². The molecule has 3 atom stereocenters. The minimum Gasteiger partial charge on any atom is -0.386 e. The topological polar surface area (TPSA) is 32.3 Å². The second-order valence-electron chi connectivity index (χ2n) is 5.21. The fourth-order valence-electron chi connectivity index (χ4n) is 2.68. The second-order valence-corrected chi connectivity index (χ2v) is 6.19. The Bertz CT molecular complexity index is 312. The lowest BCUT2D eigenvalue weighted by Gasteiger charge is -2.29. The summed E-state index contributed by atoms with van der Waals surface area (Å²) < 4.78 is 0. The van der Waals surface area contributed by atoms with Crippen LogP contribution in [0.5, 0.6) is 0 Å². The summed E-state index contributed by atoms with van der Waals surface area (Å²) in [6.45, 7) is 4.11. The van der Waals surface area contributed by atoms with Crippen LogP contribution in [0.2, 0.25) is 0 Å². The lowest BCUT2D eigenvalue weighted by atomic mass is 9.80. The molecule has 2 nitrogen and oxygen atoms in total. The van der Waals surface area contributed by atoms with E-state index in [0.717, 1.165) is 23.3 Å². The van der Waals surface area contributed by atoms with E-state index in [4.69, 9.17) is 0 Å². The Balaban J connectivity index is 1.68. The maximum Gasteiger partial charge on any atom is 0.101 e. The first-order valence-corrected chi connectivity index (χ1v) is 7.57. The fourth-order valence-corrected chi connectivity index (χ4v) is 3.40. The SMILES string of the molecule is CC1CCCCC1CNCC(O)c1cccs1. The van der Waals surface area contributed by atoms with E-state index >= 15 is 0 Å². The van der Waals surface area contributed by atoms with Crippen molar-refractivity contribution >= 4 is 11.3 Å². The summed E-state index contributed by atoms with van der Waals surface area (Å²) in [5, 5.41) is 15.4. The third kappa shape index (κ3) is 3.80. The Morgan fingerprint density at radius 3 is 3.00 bits per heavy atom. The van der Waals surface area contributed by atoms with Crippen LogP contribution in [0.15, 0.2) is 17.5 Å². The van der Waals surface area contributed by atoms with Gasteiger partial charge < -0.3 is 10.4 Å². The first kappa shape index (κ1) is 13.1. The van der Waals surface area contributed by atoms with Gasteiger partial charge in [-0.3, -0.25) is 0 Å². The van der Waals surface area contributed by atoms with Crippen molar-refractivity contribution in [3.05, 3.63) is 22.4 Å². The largest absolute Gasteiger partial charge is 0.386 e. The van der Waals surface area contributed by atoms with E-state index in [1.165, 1.54) is 25.7 Å². The molecule has 0 amide bonds. The zero-order chi connectivity index (χ0) is 12.1. The molecule has 0 bridgehead atoms. The third-order valence-electron chi connectivity index (χ3n) is 3.90. The molecule has 0 spiro atoms. The molecule has 0 aliphatic heterocycles. The number of thiophene rings is 1. The quantitative estimate of drug-likeness (QED) is 0.844. The Labute approximate surface area is 108 Å². The van der Waals surface area contributed by atoms with Crippen LogP contribution in [0.4, 0.5) is 0 Å². The highest BCUT2D eigenvalue weighted by Gasteiger charge is 2.21. The monoisotopic (exact) mass is 253 g/mol. The molecule has 1 aliphatic carbocycles. The molecule has 2 N–H and O–H groups in total. The van der Waals surface area contributed by atoms with Crippen LogP contribution in [0.25, 0.3) is 0 Å². The molecule has 2 rings (SSSR count). The average molecular weight is 253 g/mol.